The van der Waals surface area contributed by atoms with Crippen molar-refractivity contribution in [2.45, 2.75) is 16.2 Å². The van der Waals surface area contributed by atoms with Crippen LogP contribution in [0.4, 0.5) is 11.6 Å². The second kappa shape index (κ2) is 7.08. The van der Waals surface area contributed by atoms with Crippen molar-refractivity contribution >= 4 is 45.2 Å². The number of anilines is 2. The molecule has 0 amide bonds. The second-order valence-corrected chi connectivity index (χ2v) is 8.50. The van der Waals surface area contributed by atoms with Crippen LogP contribution in [-0.2, 0) is 0 Å². The molecule has 0 spiro atoms. The van der Waals surface area contributed by atoms with Gasteiger partial charge in [0.1, 0.15) is 11.6 Å². The smallest absolute Gasteiger partial charge is 0.149 e. The Kier molecular flexibility index (Phi) is 4.41. The lowest BCUT2D eigenvalue weighted by atomic mass is 10.2. The van der Waals surface area contributed by atoms with E-state index in [-0.39, 0.29) is 0 Å². The van der Waals surface area contributed by atoms with Crippen LogP contribution in [0.15, 0.2) is 70.5 Å². The van der Waals surface area contributed by atoms with Crippen molar-refractivity contribution in [1.29, 1.82) is 0 Å². The monoisotopic (exact) mass is 386 g/mol. The van der Waals surface area contributed by atoms with Crippen molar-refractivity contribution in [2.24, 2.45) is 0 Å². The minimum absolute atomic E-state index is 0.898. The molecule has 0 saturated heterocycles. The van der Waals surface area contributed by atoms with Gasteiger partial charge in [-0.15, -0.1) is 0 Å². The summed E-state index contributed by atoms with van der Waals surface area (Å²) in [5.41, 5.74) is 2.06. The Morgan fingerprint density at radius 2 is 1.36 bits per heavy atom. The Morgan fingerprint density at radius 1 is 0.821 bits per heavy atom. The lowest BCUT2D eigenvalue weighted by Gasteiger charge is -2.31. The van der Waals surface area contributed by atoms with Gasteiger partial charge in [0.2, 0.25) is 0 Å². The lowest BCUT2D eigenvalue weighted by Crippen LogP contribution is -2.27. The number of hydrogen-bond acceptors (Lipinski definition) is 5. The van der Waals surface area contributed by atoms with E-state index in [0.717, 1.165) is 42.2 Å². The molecule has 1 aliphatic rings. The van der Waals surface area contributed by atoms with E-state index < -0.39 is 0 Å². The summed E-state index contributed by atoms with van der Waals surface area (Å²) in [4.78, 5) is 17.0. The minimum Gasteiger partial charge on any atom is -0.309 e. The predicted molar refractivity (Wildman–Crippen MR) is 118 cm³/mol. The summed E-state index contributed by atoms with van der Waals surface area (Å²) in [6.45, 7) is 1.94. The molecule has 4 aromatic rings. The van der Waals surface area contributed by atoms with Crippen molar-refractivity contribution in [3.8, 4) is 0 Å². The zero-order chi connectivity index (χ0) is 19.1. The summed E-state index contributed by atoms with van der Waals surface area (Å²) in [7, 11) is 4.23. The van der Waals surface area contributed by atoms with Crippen LogP contribution in [0, 0.1) is 0 Å². The number of hydrogen-bond donors (Lipinski definition) is 0. The van der Waals surface area contributed by atoms with E-state index >= 15 is 0 Å². The van der Waals surface area contributed by atoms with E-state index in [1.807, 2.05) is 12.1 Å². The topological polar surface area (TPSA) is 32.3 Å². The van der Waals surface area contributed by atoms with Gasteiger partial charge in [0, 0.05) is 17.3 Å². The van der Waals surface area contributed by atoms with Crippen molar-refractivity contribution in [3.63, 3.8) is 0 Å². The zero-order valence-electron chi connectivity index (χ0n) is 16.1. The summed E-state index contributed by atoms with van der Waals surface area (Å²) in [6, 6.07) is 21.2. The van der Waals surface area contributed by atoms with Crippen LogP contribution in [0.25, 0.3) is 21.8 Å². The van der Waals surface area contributed by atoms with Crippen molar-refractivity contribution in [2.75, 3.05) is 32.1 Å². The molecule has 2 aromatic heterocycles. The molecule has 140 valence electrons. The van der Waals surface area contributed by atoms with Crippen molar-refractivity contribution in [1.82, 2.24) is 14.9 Å². The van der Waals surface area contributed by atoms with Gasteiger partial charge >= 0.3 is 0 Å². The number of para-hydroxylation sites is 2. The molecule has 0 unspecified atom stereocenters. The second-order valence-electron chi connectivity index (χ2n) is 7.42. The fourth-order valence-electron chi connectivity index (χ4n) is 3.69. The molecule has 4 nitrogen and oxygen atoms in total. The molecule has 1 aliphatic heterocycles. The Hall–Kier alpha value is -2.63. The Labute approximate surface area is 169 Å². The van der Waals surface area contributed by atoms with E-state index in [0.29, 0.717) is 0 Å². The largest absolute Gasteiger partial charge is 0.309 e. The molecule has 2 aromatic carbocycles. The molecule has 3 heterocycles. The maximum Gasteiger partial charge on any atom is 0.149 e. The van der Waals surface area contributed by atoms with Crippen LogP contribution in [0.2, 0.25) is 0 Å². The number of pyridine rings is 2. The predicted octanol–water partition coefficient (Wildman–Crippen LogP) is 5.34. The van der Waals surface area contributed by atoms with Crippen LogP contribution in [0.1, 0.15) is 6.42 Å². The standard InChI is InChI=1S/C23H22N4S/c1-26(2)12-7-13-27-22-20(14-16-8-3-5-10-18(16)24-22)28-21-15-17-9-4-6-11-19(17)25-23(21)27/h3-6,8-11,14-15H,7,12-13H2,1-2H3. The number of nitrogens with zero attached hydrogens (tertiary/aromatic N) is 4. The van der Waals surface area contributed by atoms with Crippen LogP contribution in [-0.4, -0.2) is 42.1 Å². The van der Waals surface area contributed by atoms with E-state index in [1.165, 1.54) is 20.6 Å². The maximum atomic E-state index is 5.03. The third kappa shape index (κ3) is 3.11. The highest BCUT2D eigenvalue weighted by atomic mass is 32.2. The number of aromatic nitrogens is 2. The summed E-state index contributed by atoms with van der Waals surface area (Å²) < 4.78 is 0. The fourth-order valence-corrected chi connectivity index (χ4v) is 4.79. The highest BCUT2D eigenvalue weighted by Gasteiger charge is 2.27. The van der Waals surface area contributed by atoms with E-state index in [1.54, 1.807) is 11.8 Å². The van der Waals surface area contributed by atoms with Gasteiger partial charge in [0.25, 0.3) is 0 Å². The SMILES string of the molecule is CN(C)CCCN1c2nc3ccccc3cc2Sc2cc3ccccc3nc21. The molecule has 0 fully saturated rings. The van der Waals surface area contributed by atoms with Gasteiger partial charge in [-0.3, -0.25) is 0 Å². The molecule has 28 heavy (non-hydrogen) atoms. The first-order valence-electron chi connectivity index (χ1n) is 9.59. The summed E-state index contributed by atoms with van der Waals surface area (Å²) in [5.74, 6) is 2.05. The number of rotatable bonds is 4. The normalized spacial score (nSPS) is 13.2. The van der Waals surface area contributed by atoms with Crippen molar-refractivity contribution < 1.29 is 0 Å². The quantitative estimate of drug-likeness (QED) is 0.473. The lowest BCUT2D eigenvalue weighted by molar-refractivity contribution is 0.402. The molecule has 5 heteroatoms. The minimum atomic E-state index is 0.898. The fraction of sp³-hybridized carbons (Fsp3) is 0.217. The first-order chi connectivity index (χ1) is 13.7. The van der Waals surface area contributed by atoms with Gasteiger partial charge in [-0.25, -0.2) is 9.97 Å². The zero-order valence-corrected chi connectivity index (χ0v) is 16.9. The molecular formula is C23H22N4S. The Morgan fingerprint density at radius 3 is 1.89 bits per heavy atom. The highest BCUT2D eigenvalue weighted by Crippen LogP contribution is 2.48. The molecule has 0 atom stereocenters. The van der Waals surface area contributed by atoms with Gasteiger partial charge < -0.3 is 9.80 Å². The summed E-state index contributed by atoms with van der Waals surface area (Å²) in [6.07, 6.45) is 1.06. The first-order valence-corrected chi connectivity index (χ1v) is 10.4. The molecule has 0 saturated carbocycles. The van der Waals surface area contributed by atoms with E-state index in [9.17, 15) is 0 Å². The molecule has 0 aliphatic carbocycles. The van der Waals surface area contributed by atoms with Gasteiger partial charge in [-0.05, 0) is 51.3 Å². The molecular weight excluding hydrogens is 364 g/mol. The van der Waals surface area contributed by atoms with Crippen LogP contribution < -0.4 is 4.90 Å². The average molecular weight is 387 g/mol. The highest BCUT2D eigenvalue weighted by molar-refractivity contribution is 7.99. The number of benzene rings is 2. The van der Waals surface area contributed by atoms with Crippen LogP contribution in [0.3, 0.4) is 0 Å². The maximum absolute atomic E-state index is 5.03. The first kappa shape index (κ1) is 17.5. The average Bonchev–Trinajstić information content (AvgIpc) is 2.70. The third-order valence-corrected chi connectivity index (χ3v) is 6.10. The van der Waals surface area contributed by atoms with E-state index in [4.69, 9.17) is 9.97 Å². The van der Waals surface area contributed by atoms with Crippen molar-refractivity contribution in [3.05, 3.63) is 60.7 Å². The Balaban J connectivity index is 1.66. The van der Waals surface area contributed by atoms with Crippen LogP contribution >= 0.6 is 11.8 Å². The van der Waals surface area contributed by atoms with Gasteiger partial charge in [-0.1, -0.05) is 48.2 Å². The van der Waals surface area contributed by atoms with Gasteiger partial charge in [0.15, 0.2) is 0 Å². The molecule has 0 N–H and O–H groups in total. The van der Waals surface area contributed by atoms with Crippen LogP contribution in [0.5, 0.6) is 0 Å². The summed E-state index contributed by atoms with van der Waals surface area (Å²) >= 11 is 1.78. The van der Waals surface area contributed by atoms with Gasteiger partial charge in [0.05, 0.1) is 20.8 Å². The molecule has 0 radical (unpaired) electrons. The van der Waals surface area contributed by atoms with Gasteiger partial charge in [-0.2, -0.15) is 0 Å². The van der Waals surface area contributed by atoms with E-state index in [2.05, 4.69) is 72.4 Å². The molecule has 0 bridgehead atoms. The summed E-state index contributed by atoms with van der Waals surface area (Å²) in [5, 5.41) is 2.36. The number of fused-ring (bicyclic) bond motifs is 4. The third-order valence-electron chi connectivity index (χ3n) is 5.06. The molecule has 5 rings (SSSR count). The Bertz CT molecular complexity index is 1090.